The minimum absolute atomic E-state index is 0.156. The number of hydrogen-bond acceptors (Lipinski definition) is 6. The van der Waals surface area contributed by atoms with Crippen LogP contribution in [0, 0.1) is 0 Å². The van der Waals surface area contributed by atoms with Gasteiger partial charge in [0.1, 0.15) is 0 Å². The fourth-order valence-corrected chi connectivity index (χ4v) is 1.39. The molecule has 0 aromatic carbocycles. The Labute approximate surface area is 131 Å². The highest BCUT2D eigenvalue weighted by Gasteiger charge is 2.41. The first-order valence-electron chi connectivity index (χ1n) is 7.96. The molecule has 0 aliphatic rings. The van der Waals surface area contributed by atoms with Crippen LogP contribution in [0.4, 0.5) is 14.4 Å². The van der Waals surface area contributed by atoms with Crippen LogP contribution in [0.2, 0.25) is 0 Å². The second-order valence-electron chi connectivity index (χ2n) is 4.84. The van der Waals surface area contributed by atoms with E-state index in [9.17, 15) is 14.4 Å². The average molecular weight is 318 g/mol. The number of nitrogens with one attached hydrogen (secondary N) is 1. The molecule has 128 valence electrons. The van der Waals surface area contributed by atoms with E-state index in [1.54, 1.807) is 0 Å². The zero-order valence-electron chi connectivity index (χ0n) is 13.8. The highest BCUT2D eigenvalue weighted by molar-refractivity contribution is 5.84. The van der Waals surface area contributed by atoms with Gasteiger partial charge in [0.05, 0.1) is 19.8 Å². The van der Waals surface area contributed by atoms with Crippen molar-refractivity contribution < 1.29 is 33.5 Å². The molecular formula is C15H28NO6+. The molecule has 0 bridgehead atoms. The van der Waals surface area contributed by atoms with E-state index < -0.39 is 23.2 Å². The summed E-state index contributed by atoms with van der Waals surface area (Å²) in [6.07, 6.45) is 1.57. The van der Waals surface area contributed by atoms with Crippen molar-refractivity contribution in [2.24, 2.45) is 0 Å². The third kappa shape index (κ3) is 8.61. The first-order chi connectivity index (χ1) is 10.6. The fraction of sp³-hybridized carbons (Fsp3) is 0.800. The Kier molecular flexibility index (Phi) is 12.1. The molecule has 0 atom stereocenters. The minimum atomic E-state index is -0.976. The van der Waals surface area contributed by atoms with Crippen LogP contribution in [0.25, 0.3) is 0 Å². The van der Waals surface area contributed by atoms with E-state index in [0.717, 1.165) is 19.3 Å². The van der Waals surface area contributed by atoms with Gasteiger partial charge in [-0.3, -0.25) is 0 Å². The van der Waals surface area contributed by atoms with Crippen LogP contribution < -0.4 is 4.90 Å². The topological polar surface area (TPSA) is 83.3 Å². The van der Waals surface area contributed by atoms with Crippen LogP contribution in [0.5, 0.6) is 0 Å². The zero-order valence-corrected chi connectivity index (χ0v) is 13.8. The van der Waals surface area contributed by atoms with Gasteiger partial charge >= 0.3 is 18.3 Å². The Bertz CT molecular complexity index is 293. The number of rotatable bonds is 9. The molecule has 0 aromatic rings. The molecule has 0 radical (unpaired) electrons. The van der Waals surface area contributed by atoms with Crippen molar-refractivity contribution in [3.8, 4) is 0 Å². The molecule has 0 aliphatic heterocycles. The molecule has 3 amide bonds. The van der Waals surface area contributed by atoms with E-state index in [0.29, 0.717) is 19.3 Å². The largest absolute Gasteiger partial charge is 0.535 e. The van der Waals surface area contributed by atoms with Gasteiger partial charge in [-0.05, 0) is 24.2 Å². The Balaban J connectivity index is 4.62. The summed E-state index contributed by atoms with van der Waals surface area (Å²) < 4.78 is 14.8. The average Bonchev–Trinajstić information content (AvgIpc) is 2.48. The molecule has 0 fully saturated rings. The third-order valence-corrected chi connectivity index (χ3v) is 2.81. The van der Waals surface area contributed by atoms with Gasteiger partial charge in [-0.25, -0.2) is 0 Å². The van der Waals surface area contributed by atoms with Gasteiger partial charge in [-0.1, -0.05) is 40.0 Å². The molecule has 22 heavy (non-hydrogen) atoms. The molecule has 0 unspecified atom stereocenters. The van der Waals surface area contributed by atoms with Crippen molar-refractivity contribution >= 4 is 18.3 Å². The molecule has 7 nitrogen and oxygen atoms in total. The predicted molar refractivity (Wildman–Crippen MR) is 79.7 cm³/mol. The number of ether oxygens (including phenoxy) is 3. The number of alkyl carbamates (subject to hydrolysis) is 6. The van der Waals surface area contributed by atoms with Gasteiger partial charge in [0.2, 0.25) is 0 Å². The third-order valence-electron chi connectivity index (χ3n) is 2.81. The summed E-state index contributed by atoms with van der Waals surface area (Å²) in [6, 6.07) is 0. The van der Waals surface area contributed by atoms with Crippen molar-refractivity contribution in [3.05, 3.63) is 0 Å². The number of imide groups is 3. The maximum atomic E-state index is 11.9. The number of unbranched alkanes of at least 4 members (excludes halogenated alkanes) is 3. The lowest BCUT2D eigenvalue weighted by Crippen LogP contribution is -3.19. The zero-order chi connectivity index (χ0) is 16.8. The second kappa shape index (κ2) is 13.1. The number of amides is 3. The normalized spacial score (nSPS) is 10.4. The quantitative estimate of drug-likeness (QED) is 0.520. The number of quaternary nitrogens is 1. The molecule has 0 saturated heterocycles. The van der Waals surface area contributed by atoms with E-state index >= 15 is 0 Å². The minimum Gasteiger partial charge on any atom is -0.419 e. The molecular weight excluding hydrogens is 290 g/mol. The molecule has 0 heterocycles. The molecule has 0 spiro atoms. The fourth-order valence-electron chi connectivity index (χ4n) is 1.39. The number of hydrogen-bond donors (Lipinski definition) is 1. The van der Waals surface area contributed by atoms with E-state index in [1.165, 1.54) is 0 Å². The highest BCUT2D eigenvalue weighted by atomic mass is 16.6. The molecule has 1 N–H and O–H groups in total. The van der Waals surface area contributed by atoms with Crippen LogP contribution in [0.15, 0.2) is 0 Å². The van der Waals surface area contributed by atoms with Crippen LogP contribution >= 0.6 is 0 Å². The van der Waals surface area contributed by atoms with Gasteiger partial charge in [0.25, 0.3) is 0 Å². The molecule has 0 aromatic heterocycles. The molecule has 0 saturated carbocycles. The van der Waals surface area contributed by atoms with Crippen molar-refractivity contribution in [2.75, 3.05) is 19.8 Å². The van der Waals surface area contributed by atoms with E-state index in [1.807, 2.05) is 20.8 Å². The van der Waals surface area contributed by atoms with Crippen molar-refractivity contribution in [3.63, 3.8) is 0 Å². The van der Waals surface area contributed by atoms with Gasteiger partial charge in [-0.2, -0.15) is 14.4 Å². The molecule has 7 heteroatoms. The summed E-state index contributed by atoms with van der Waals surface area (Å²) in [4.78, 5) is 35.0. The highest BCUT2D eigenvalue weighted by Crippen LogP contribution is 1.91. The first kappa shape index (κ1) is 20.4. The Morgan fingerprint density at radius 3 is 1.14 bits per heavy atom. The summed E-state index contributed by atoms with van der Waals surface area (Å²) in [5.41, 5.74) is 0. The lowest BCUT2D eigenvalue weighted by Gasteiger charge is -2.12. The van der Waals surface area contributed by atoms with E-state index in [4.69, 9.17) is 14.2 Å². The summed E-state index contributed by atoms with van der Waals surface area (Å²) in [5, 5.41) is 0. The van der Waals surface area contributed by atoms with Crippen LogP contribution in [-0.2, 0) is 14.2 Å². The SMILES string of the molecule is CCCCOC(=O)[NH+](C(=O)OCCCC)C(=O)OCCCC. The van der Waals surface area contributed by atoms with Gasteiger partial charge < -0.3 is 14.2 Å². The Hall–Kier alpha value is -1.63. The maximum Gasteiger partial charge on any atom is 0.535 e. The number of carbonyl (C=O) groups excluding carboxylic acids is 3. The number of carbonyl (C=O) groups is 3. The predicted octanol–water partition coefficient (Wildman–Crippen LogP) is 2.68. The summed E-state index contributed by atoms with van der Waals surface area (Å²) in [7, 11) is 0. The van der Waals surface area contributed by atoms with Crippen LogP contribution in [0.3, 0.4) is 0 Å². The van der Waals surface area contributed by atoms with E-state index in [2.05, 4.69) is 0 Å². The van der Waals surface area contributed by atoms with Gasteiger partial charge in [-0.15, -0.1) is 0 Å². The summed E-state index contributed by atoms with van der Waals surface area (Å²) in [6.45, 7) is 6.29. The van der Waals surface area contributed by atoms with Crippen molar-refractivity contribution in [1.82, 2.24) is 0 Å². The molecule has 0 rings (SSSR count). The lowest BCUT2D eigenvalue weighted by molar-refractivity contribution is -0.665. The standard InChI is InChI=1S/C15H27NO6/c1-4-7-10-20-13(17)16(14(18)21-11-8-5-2)15(19)22-12-9-6-3/h4-12H2,1-3H3/p+1. The monoisotopic (exact) mass is 318 g/mol. The van der Waals surface area contributed by atoms with Gasteiger partial charge in [0, 0.05) is 0 Å². The summed E-state index contributed by atoms with van der Waals surface area (Å²) >= 11 is 0. The smallest absolute Gasteiger partial charge is 0.419 e. The lowest BCUT2D eigenvalue weighted by atomic mass is 10.4. The van der Waals surface area contributed by atoms with E-state index in [-0.39, 0.29) is 19.8 Å². The Morgan fingerprint density at radius 2 is 0.909 bits per heavy atom. The Morgan fingerprint density at radius 1 is 0.636 bits per heavy atom. The van der Waals surface area contributed by atoms with Crippen LogP contribution in [-0.4, -0.2) is 38.1 Å². The first-order valence-corrected chi connectivity index (χ1v) is 7.96. The van der Waals surface area contributed by atoms with Crippen molar-refractivity contribution in [2.45, 2.75) is 59.3 Å². The maximum absolute atomic E-state index is 11.9. The second-order valence-corrected chi connectivity index (χ2v) is 4.84. The summed E-state index contributed by atoms with van der Waals surface area (Å²) in [5.74, 6) is 0. The van der Waals surface area contributed by atoms with Crippen LogP contribution in [0.1, 0.15) is 59.3 Å². The molecule has 0 aliphatic carbocycles. The van der Waals surface area contributed by atoms with Gasteiger partial charge in [0.15, 0.2) is 0 Å². The van der Waals surface area contributed by atoms with Crippen molar-refractivity contribution in [1.29, 1.82) is 0 Å².